The topological polar surface area (TPSA) is 40.5 Å². The fourth-order valence-electron chi connectivity index (χ4n) is 2.35. The van der Waals surface area contributed by atoms with Crippen LogP contribution in [0, 0.1) is 5.92 Å². The van der Waals surface area contributed by atoms with Gasteiger partial charge in [0, 0.05) is 15.5 Å². The van der Waals surface area contributed by atoms with E-state index in [1.54, 1.807) is 4.90 Å². The lowest BCUT2D eigenvalue weighted by molar-refractivity contribution is 0.0647. The fraction of sp³-hybridized carbons (Fsp3) is 0.462. The van der Waals surface area contributed by atoms with Crippen LogP contribution in [0.2, 0.25) is 0 Å². The maximum absolute atomic E-state index is 12.5. The average Bonchev–Trinajstić information content (AvgIpc) is 2.72. The summed E-state index contributed by atoms with van der Waals surface area (Å²) in [5.41, 5.74) is 0.636. The van der Waals surface area contributed by atoms with Gasteiger partial charge in [-0.25, -0.2) is 0 Å². The SMILES string of the molecule is CC1CCN(C(=O)c2cc(Br)ccc2Br)C1CO. The lowest BCUT2D eigenvalue weighted by Crippen LogP contribution is -2.39. The minimum Gasteiger partial charge on any atom is -0.394 e. The van der Waals surface area contributed by atoms with E-state index in [1.807, 2.05) is 18.2 Å². The molecular formula is C13H15Br2NO2. The van der Waals surface area contributed by atoms with E-state index in [2.05, 4.69) is 38.8 Å². The van der Waals surface area contributed by atoms with Crippen LogP contribution in [0.5, 0.6) is 0 Å². The molecule has 1 aliphatic rings. The standard InChI is InChI=1S/C13H15Br2NO2/c1-8-4-5-16(12(8)7-17)13(18)10-6-9(14)2-3-11(10)15/h2-3,6,8,12,17H,4-5,7H2,1H3. The van der Waals surface area contributed by atoms with Crippen molar-refractivity contribution in [2.24, 2.45) is 5.92 Å². The minimum absolute atomic E-state index is 0.0217. The molecule has 1 fully saturated rings. The Kier molecular flexibility index (Phi) is 4.45. The Morgan fingerprint density at radius 1 is 1.50 bits per heavy atom. The zero-order chi connectivity index (χ0) is 13.3. The number of benzene rings is 1. The molecule has 0 bridgehead atoms. The summed E-state index contributed by atoms with van der Waals surface area (Å²) in [5.74, 6) is 0.330. The molecule has 0 saturated carbocycles. The molecule has 98 valence electrons. The van der Waals surface area contributed by atoms with Gasteiger partial charge in [-0.1, -0.05) is 22.9 Å². The molecule has 0 aliphatic carbocycles. The number of aliphatic hydroxyl groups excluding tert-OH is 1. The number of hydrogen-bond donors (Lipinski definition) is 1. The van der Waals surface area contributed by atoms with Gasteiger partial charge in [0.15, 0.2) is 0 Å². The summed E-state index contributed by atoms with van der Waals surface area (Å²) in [7, 11) is 0. The number of halogens is 2. The molecule has 0 aromatic heterocycles. The maximum Gasteiger partial charge on any atom is 0.255 e. The van der Waals surface area contributed by atoms with Crippen molar-refractivity contribution in [2.75, 3.05) is 13.2 Å². The number of hydrogen-bond acceptors (Lipinski definition) is 2. The van der Waals surface area contributed by atoms with Gasteiger partial charge in [-0.15, -0.1) is 0 Å². The van der Waals surface area contributed by atoms with E-state index in [9.17, 15) is 9.90 Å². The van der Waals surface area contributed by atoms with Crippen LogP contribution in [0.1, 0.15) is 23.7 Å². The lowest BCUT2D eigenvalue weighted by atomic mass is 10.0. The fourth-order valence-corrected chi connectivity index (χ4v) is 3.13. The van der Waals surface area contributed by atoms with Crippen LogP contribution in [0.4, 0.5) is 0 Å². The van der Waals surface area contributed by atoms with Crippen molar-refractivity contribution in [3.05, 3.63) is 32.7 Å². The highest BCUT2D eigenvalue weighted by molar-refractivity contribution is 9.11. The quantitative estimate of drug-likeness (QED) is 0.861. The predicted molar refractivity (Wildman–Crippen MR) is 77.5 cm³/mol. The van der Waals surface area contributed by atoms with E-state index >= 15 is 0 Å². The van der Waals surface area contributed by atoms with E-state index in [-0.39, 0.29) is 18.6 Å². The Morgan fingerprint density at radius 2 is 2.22 bits per heavy atom. The molecule has 2 atom stereocenters. The molecule has 18 heavy (non-hydrogen) atoms. The van der Waals surface area contributed by atoms with Crippen molar-refractivity contribution in [3.63, 3.8) is 0 Å². The minimum atomic E-state index is -0.0663. The second kappa shape index (κ2) is 5.72. The smallest absolute Gasteiger partial charge is 0.255 e. The van der Waals surface area contributed by atoms with Gasteiger partial charge in [0.05, 0.1) is 18.2 Å². The van der Waals surface area contributed by atoms with Crippen molar-refractivity contribution in [1.82, 2.24) is 4.90 Å². The molecule has 1 aliphatic heterocycles. The van der Waals surface area contributed by atoms with E-state index in [4.69, 9.17) is 0 Å². The number of amides is 1. The summed E-state index contributed by atoms with van der Waals surface area (Å²) in [4.78, 5) is 14.3. The number of carbonyl (C=O) groups is 1. The summed E-state index contributed by atoms with van der Waals surface area (Å²) < 4.78 is 1.66. The molecule has 2 unspecified atom stereocenters. The van der Waals surface area contributed by atoms with Crippen molar-refractivity contribution in [2.45, 2.75) is 19.4 Å². The molecule has 2 rings (SSSR count). The van der Waals surface area contributed by atoms with Crippen LogP contribution in [0.3, 0.4) is 0 Å². The van der Waals surface area contributed by atoms with Crippen molar-refractivity contribution in [3.8, 4) is 0 Å². The molecule has 0 spiro atoms. The van der Waals surface area contributed by atoms with E-state index < -0.39 is 0 Å². The monoisotopic (exact) mass is 375 g/mol. The number of rotatable bonds is 2. The molecule has 1 aromatic rings. The molecule has 5 heteroatoms. The van der Waals surface area contributed by atoms with E-state index in [1.165, 1.54) is 0 Å². The van der Waals surface area contributed by atoms with Gasteiger partial charge in [-0.05, 0) is 46.5 Å². The molecule has 1 amide bonds. The first-order chi connectivity index (χ1) is 8.54. The summed E-state index contributed by atoms with van der Waals surface area (Å²) in [6.45, 7) is 2.81. The molecule has 0 radical (unpaired) electrons. The first kappa shape index (κ1) is 14.0. The predicted octanol–water partition coefficient (Wildman–Crippen LogP) is 3.05. The van der Waals surface area contributed by atoms with Gasteiger partial charge >= 0.3 is 0 Å². The van der Waals surface area contributed by atoms with Gasteiger partial charge in [0.1, 0.15) is 0 Å². The van der Waals surface area contributed by atoms with Gasteiger partial charge in [0.25, 0.3) is 5.91 Å². The third kappa shape index (κ3) is 2.63. The number of likely N-dealkylation sites (tertiary alicyclic amines) is 1. The third-order valence-corrected chi connectivity index (χ3v) is 4.67. The second-order valence-electron chi connectivity index (χ2n) is 4.64. The zero-order valence-electron chi connectivity index (χ0n) is 10.1. The third-order valence-electron chi connectivity index (χ3n) is 3.49. The van der Waals surface area contributed by atoms with Gasteiger partial charge < -0.3 is 10.0 Å². The first-order valence-electron chi connectivity index (χ1n) is 5.91. The van der Waals surface area contributed by atoms with Crippen LogP contribution in [-0.2, 0) is 0 Å². The molecule has 3 nitrogen and oxygen atoms in total. The molecule has 1 saturated heterocycles. The Bertz CT molecular complexity index is 464. The van der Waals surface area contributed by atoms with Crippen LogP contribution in [0.15, 0.2) is 27.1 Å². The molecule has 1 heterocycles. The van der Waals surface area contributed by atoms with Crippen molar-refractivity contribution in [1.29, 1.82) is 0 Å². The van der Waals surface area contributed by atoms with Crippen molar-refractivity contribution < 1.29 is 9.90 Å². The highest BCUT2D eigenvalue weighted by Crippen LogP contribution is 2.29. The van der Waals surface area contributed by atoms with Gasteiger partial charge in [0.2, 0.25) is 0 Å². The summed E-state index contributed by atoms with van der Waals surface area (Å²) in [5, 5.41) is 9.41. The normalized spacial score (nSPS) is 23.4. The molecular weight excluding hydrogens is 362 g/mol. The highest BCUT2D eigenvalue weighted by Gasteiger charge is 2.34. The van der Waals surface area contributed by atoms with Crippen LogP contribution in [-0.4, -0.2) is 35.1 Å². The van der Waals surface area contributed by atoms with Crippen LogP contribution < -0.4 is 0 Å². The number of carbonyl (C=O) groups excluding carboxylic acids is 1. The first-order valence-corrected chi connectivity index (χ1v) is 7.50. The average molecular weight is 377 g/mol. The summed E-state index contributed by atoms with van der Waals surface area (Å²) in [6.07, 6.45) is 0.947. The lowest BCUT2D eigenvalue weighted by Gasteiger charge is -2.25. The Morgan fingerprint density at radius 3 is 2.89 bits per heavy atom. The van der Waals surface area contributed by atoms with Crippen LogP contribution >= 0.6 is 31.9 Å². The zero-order valence-corrected chi connectivity index (χ0v) is 13.2. The maximum atomic E-state index is 12.5. The number of aliphatic hydroxyl groups is 1. The highest BCUT2D eigenvalue weighted by atomic mass is 79.9. The van der Waals surface area contributed by atoms with Crippen LogP contribution in [0.25, 0.3) is 0 Å². The number of nitrogens with zero attached hydrogens (tertiary/aromatic N) is 1. The Labute approximate surface area is 123 Å². The van der Waals surface area contributed by atoms with Crippen molar-refractivity contribution >= 4 is 37.8 Å². The van der Waals surface area contributed by atoms with E-state index in [0.29, 0.717) is 18.0 Å². The molecule has 1 N–H and O–H groups in total. The Balaban J connectivity index is 2.28. The largest absolute Gasteiger partial charge is 0.394 e. The Hall–Kier alpha value is -0.390. The summed E-state index contributed by atoms with van der Waals surface area (Å²) in [6, 6.07) is 5.48. The second-order valence-corrected chi connectivity index (χ2v) is 6.41. The summed E-state index contributed by atoms with van der Waals surface area (Å²) >= 11 is 6.78. The van der Waals surface area contributed by atoms with Gasteiger partial charge in [-0.2, -0.15) is 0 Å². The molecule has 1 aromatic carbocycles. The van der Waals surface area contributed by atoms with Gasteiger partial charge in [-0.3, -0.25) is 4.79 Å². The van der Waals surface area contributed by atoms with E-state index in [0.717, 1.165) is 15.4 Å².